The Kier molecular flexibility index (Phi) is 5.05. The van der Waals surface area contributed by atoms with Crippen LogP contribution in [0, 0.1) is 12.7 Å². The molecule has 0 amide bonds. The van der Waals surface area contributed by atoms with Gasteiger partial charge in [0.1, 0.15) is 16.5 Å². The molecule has 1 saturated heterocycles. The Morgan fingerprint density at radius 1 is 0.900 bits per heavy atom. The van der Waals surface area contributed by atoms with E-state index in [9.17, 15) is 4.39 Å². The molecule has 30 heavy (non-hydrogen) atoms. The van der Waals surface area contributed by atoms with E-state index in [4.69, 9.17) is 11.6 Å². The molecule has 4 nitrogen and oxygen atoms in total. The smallest absolute Gasteiger partial charge is 0.225 e. The molecule has 3 heterocycles. The van der Waals surface area contributed by atoms with Crippen LogP contribution in [0.25, 0.3) is 21.3 Å². The fraction of sp³-hybridized carbons (Fsp3) is 0.217. The van der Waals surface area contributed by atoms with E-state index in [0.717, 1.165) is 47.9 Å². The lowest BCUT2D eigenvalue weighted by Crippen LogP contribution is -2.47. The van der Waals surface area contributed by atoms with Crippen LogP contribution in [0.15, 0.2) is 54.6 Å². The molecular formula is C23H20ClFN4S. The van der Waals surface area contributed by atoms with E-state index < -0.39 is 0 Å². The summed E-state index contributed by atoms with van der Waals surface area (Å²) in [6, 6.07) is 17.1. The van der Waals surface area contributed by atoms with Gasteiger partial charge in [0, 0.05) is 42.3 Å². The highest BCUT2D eigenvalue weighted by Crippen LogP contribution is 2.42. The quantitative estimate of drug-likeness (QED) is 0.379. The first-order chi connectivity index (χ1) is 14.6. The number of aryl methyl sites for hydroxylation is 1. The van der Waals surface area contributed by atoms with Crippen molar-refractivity contribution >= 4 is 44.7 Å². The van der Waals surface area contributed by atoms with Crippen LogP contribution >= 0.6 is 22.9 Å². The van der Waals surface area contributed by atoms with Gasteiger partial charge in [0.2, 0.25) is 5.28 Å². The van der Waals surface area contributed by atoms with Gasteiger partial charge in [-0.15, -0.1) is 11.3 Å². The van der Waals surface area contributed by atoms with Gasteiger partial charge >= 0.3 is 0 Å². The number of rotatable bonds is 3. The topological polar surface area (TPSA) is 32.3 Å². The van der Waals surface area contributed by atoms with Crippen LogP contribution in [0.4, 0.5) is 15.9 Å². The van der Waals surface area contributed by atoms with E-state index >= 15 is 0 Å². The van der Waals surface area contributed by atoms with E-state index in [1.54, 1.807) is 11.3 Å². The molecule has 0 radical (unpaired) electrons. The lowest BCUT2D eigenvalue weighted by molar-refractivity contribution is 0.624. The molecule has 0 bridgehead atoms. The summed E-state index contributed by atoms with van der Waals surface area (Å²) in [6.45, 7) is 5.40. The Hall–Kier alpha value is -2.70. The van der Waals surface area contributed by atoms with Crippen molar-refractivity contribution in [2.75, 3.05) is 36.0 Å². The van der Waals surface area contributed by atoms with Crippen molar-refractivity contribution in [1.82, 2.24) is 9.97 Å². The molecule has 1 aliphatic rings. The molecule has 0 atom stereocenters. The van der Waals surface area contributed by atoms with Gasteiger partial charge in [-0.1, -0.05) is 30.3 Å². The molecule has 0 N–H and O–H groups in total. The highest BCUT2D eigenvalue weighted by molar-refractivity contribution is 7.19. The van der Waals surface area contributed by atoms with Gasteiger partial charge in [0.05, 0.1) is 5.39 Å². The van der Waals surface area contributed by atoms with Gasteiger partial charge in [-0.2, -0.15) is 4.98 Å². The minimum atomic E-state index is -0.211. The molecule has 7 heteroatoms. The molecule has 0 spiro atoms. The zero-order chi connectivity index (χ0) is 20.7. The highest BCUT2D eigenvalue weighted by atomic mass is 35.5. The molecule has 1 aliphatic heterocycles. The summed E-state index contributed by atoms with van der Waals surface area (Å²) in [7, 11) is 0. The van der Waals surface area contributed by atoms with E-state index in [-0.39, 0.29) is 11.1 Å². The standard InChI is InChI=1S/C23H20ClFN4S/c1-15-19(16-5-3-2-4-6-16)20-21(26-23(24)27-22(20)30-15)29-13-11-28(12-14-29)18-9-7-17(25)8-10-18/h2-10H,11-14H2,1H3. The van der Waals surface area contributed by atoms with Crippen LogP contribution in [-0.4, -0.2) is 36.1 Å². The molecule has 1 fully saturated rings. The number of aromatic nitrogens is 2. The third kappa shape index (κ3) is 3.50. The van der Waals surface area contributed by atoms with Crippen molar-refractivity contribution in [3.8, 4) is 11.1 Å². The molecule has 5 rings (SSSR count). The van der Waals surface area contributed by atoms with Crippen molar-refractivity contribution in [2.45, 2.75) is 6.92 Å². The highest BCUT2D eigenvalue weighted by Gasteiger charge is 2.25. The van der Waals surface area contributed by atoms with Crippen LogP contribution in [-0.2, 0) is 0 Å². The van der Waals surface area contributed by atoms with Gasteiger partial charge in [0.25, 0.3) is 0 Å². The molecule has 152 valence electrons. The maximum atomic E-state index is 13.3. The lowest BCUT2D eigenvalue weighted by Gasteiger charge is -2.37. The van der Waals surface area contributed by atoms with Crippen molar-refractivity contribution < 1.29 is 4.39 Å². The zero-order valence-corrected chi connectivity index (χ0v) is 18.1. The third-order valence-electron chi connectivity index (χ3n) is 5.51. The summed E-state index contributed by atoms with van der Waals surface area (Å²) in [5.41, 5.74) is 3.39. The average molecular weight is 439 g/mol. The van der Waals surface area contributed by atoms with Crippen molar-refractivity contribution in [3.63, 3.8) is 0 Å². The Balaban J connectivity index is 1.51. The predicted molar refractivity (Wildman–Crippen MR) is 123 cm³/mol. The van der Waals surface area contributed by atoms with Gasteiger partial charge in [-0.25, -0.2) is 9.37 Å². The second kappa shape index (κ2) is 7.85. The van der Waals surface area contributed by atoms with Gasteiger partial charge in [-0.05, 0) is 48.4 Å². The molecule has 2 aromatic heterocycles. The molecule has 4 aromatic rings. The van der Waals surface area contributed by atoms with Gasteiger partial charge in [-0.3, -0.25) is 0 Å². The summed E-state index contributed by atoms with van der Waals surface area (Å²) in [6.07, 6.45) is 0. The van der Waals surface area contributed by atoms with E-state index in [1.807, 2.05) is 18.2 Å². The molecule has 2 aromatic carbocycles. The SMILES string of the molecule is Cc1sc2nc(Cl)nc(N3CCN(c4ccc(F)cc4)CC3)c2c1-c1ccccc1. The van der Waals surface area contributed by atoms with E-state index in [1.165, 1.54) is 28.1 Å². The largest absolute Gasteiger partial charge is 0.368 e. The first-order valence-corrected chi connectivity index (χ1v) is 11.1. The Morgan fingerprint density at radius 2 is 1.57 bits per heavy atom. The maximum Gasteiger partial charge on any atom is 0.225 e. The van der Waals surface area contributed by atoms with Crippen molar-refractivity contribution in [2.24, 2.45) is 0 Å². The van der Waals surface area contributed by atoms with Crippen LogP contribution in [0.1, 0.15) is 4.88 Å². The van der Waals surface area contributed by atoms with Crippen molar-refractivity contribution in [3.05, 3.63) is 70.6 Å². The number of hydrogen-bond donors (Lipinski definition) is 0. The normalized spacial score (nSPS) is 14.5. The minimum absolute atomic E-state index is 0.211. The summed E-state index contributed by atoms with van der Waals surface area (Å²) >= 11 is 7.96. The average Bonchev–Trinajstić information content (AvgIpc) is 3.10. The number of thiophene rings is 1. The lowest BCUT2D eigenvalue weighted by atomic mass is 10.0. The van der Waals surface area contributed by atoms with E-state index in [0.29, 0.717) is 0 Å². The summed E-state index contributed by atoms with van der Waals surface area (Å²) in [5, 5.41) is 1.35. The van der Waals surface area contributed by atoms with Crippen molar-refractivity contribution in [1.29, 1.82) is 0 Å². The van der Waals surface area contributed by atoms with Gasteiger partial charge in [0.15, 0.2) is 0 Å². The van der Waals surface area contributed by atoms with Crippen LogP contribution in [0.2, 0.25) is 5.28 Å². The number of halogens is 2. The summed E-state index contributed by atoms with van der Waals surface area (Å²) in [4.78, 5) is 15.8. The number of hydrogen-bond acceptors (Lipinski definition) is 5. The fourth-order valence-corrected chi connectivity index (χ4v) is 5.33. The Labute approximate surface area is 183 Å². The minimum Gasteiger partial charge on any atom is -0.368 e. The molecule has 0 aliphatic carbocycles. The second-order valence-corrected chi connectivity index (χ2v) is 8.89. The summed E-state index contributed by atoms with van der Waals surface area (Å²) < 4.78 is 13.3. The Bertz CT molecular complexity index is 1190. The molecule has 0 saturated carbocycles. The summed E-state index contributed by atoms with van der Waals surface area (Å²) in [5.74, 6) is 0.684. The number of nitrogens with zero attached hydrogens (tertiary/aromatic N) is 4. The number of fused-ring (bicyclic) bond motifs is 1. The first-order valence-electron chi connectivity index (χ1n) is 9.87. The van der Waals surface area contributed by atoms with E-state index in [2.05, 4.69) is 51.0 Å². The molecule has 0 unspecified atom stereocenters. The number of anilines is 2. The number of piperazine rings is 1. The van der Waals surface area contributed by atoms with Crippen LogP contribution in [0.5, 0.6) is 0 Å². The fourth-order valence-electron chi connectivity index (χ4n) is 4.08. The number of benzene rings is 2. The van der Waals surface area contributed by atoms with Gasteiger partial charge < -0.3 is 9.80 Å². The maximum absolute atomic E-state index is 13.3. The Morgan fingerprint density at radius 3 is 2.27 bits per heavy atom. The predicted octanol–water partition coefficient (Wildman–Crippen LogP) is 5.79. The zero-order valence-electron chi connectivity index (χ0n) is 16.5. The van der Waals surface area contributed by atoms with Crippen LogP contribution < -0.4 is 9.80 Å². The second-order valence-electron chi connectivity index (χ2n) is 7.35. The first kappa shape index (κ1) is 19.3. The third-order valence-corrected chi connectivity index (χ3v) is 6.68. The monoisotopic (exact) mass is 438 g/mol. The van der Waals surface area contributed by atoms with Crippen LogP contribution in [0.3, 0.4) is 0 Å². The molecular weight excluding hydrogens is 419 g/mol.